The van der Waals surface area contributed by atoms with E-state index in [1.807, 2.05) is 36.1 Å². The molecule has 0 bridgehead atoms. The van der Waals surface area contributed by atoms with Crippen LogP contribution in [0.25, 0.3) is 5.69 Å². The number of carbonyl (C=O) groups excluding carboxylic acids is 1. The number of hydrogen-bond acceptors (Lipinski definition) is 7. The van der Waals surface area contributed by atoms with Crippen LogP contribution in [0.2, 0.25) is 0 Å². The van der Waals surface area contributed by atoms with Crippen LogP contribution in [-0.2, 0) is 16.4 Å². The molecule has 0 radical (unpaired) electrons. The molecular weight excluding hydrogens is 428 g/mol. The number of tetrazole rings is 1. The van der Waals surface area contributed by atoms with Crippen molar-refractivity contribution in [3.8, 4) is 5.69 Å². The minimum absolute atomic E-state index is 0.0614. The van der Waals surface area contributed by atoms with Crippen molar-refractivity contribution in [2.75, 3.05) is 32.4 Å². The van der Waals surface area contributed by atoms with E-state index >= 15 is 0 Å². The van der Waals surface area contributed by atoms with E-state index in [-0.39, 0.29) is 10.8 Å². The third-order valence-electron chi connectivity index (χ3n) is 5.55. The second kappa shape index (κ2) is 9.17. The van der Waals surface area contributed by atoms with Gasteiger partial charge in [-0.25, -0.2) is 8.42 Å². The Balaban J connectivity index is 1.43. The van der Waals surface area contributed by atoms with E-state index in [1.165, 1.54) is 6.26 Å². The molecule has 0 aliphatic carbocycles. The Kier molecular flexibility index (Phi) is 6.33. The van der Waals surface area contributed by atoms with Gasteiger partial charge in [0.2, 0.25) is 0 Å². The zero-order valence-corrected chi connectivity index (χ0v) is 19.0. The van der Waals surface area contributed by atoms with E-state index in [0.717, 1.165) is 30.6 Å². The lowest BCUT2D eigenvalue weighted by Gasteiger charge is -2.22. The number of benzene rings is 2. The molecule has 1 aromatic heterocycles. The highest BCUT2D eigenvalue weighted by molar-refractivity contribution is 7.90. The first kappa shape index (κ1) is 22.1. The second-order valence-corrected chi connectivity index (χ2v) is 10.1. The van der Waals surface area contributed by atoms with Crippen LogP contribution in [-0.4, -0.2) is 76.8 Å². The summed E-state index contributed by atoms with van der Waals surface area (Å²) in [4.78, 5) is 17.3. The summed E-state index contributed by atoms with van der Waals surface area (Å²) in [5.41, 5.74) is 2.49. The van der Waals surface area contributed by atoms with Gasteiger partial charge in [0.05, 0.1) is 17.1 Å². The summed E-state index contributed by atoms with van der Waals surface area (Å²) in [6, 6.07) is 14.2. The van der Waals surface area contributed by atoms with Crippen molar-refractivity contribution in [3.63, 3.8) is 0 Å². The summed E-state index contributed by atoms with van der Waals surface area (Å²) in [6.07, 6.45) is 2.04. The molecule has 0 unspecified atom stereocenters. The Morgan fingerprint density at radius 1 is 1.03 bits per heavy atom. The molecule has 1 aliphatic rings. The minimum atomic E-state index is -3.26. The summed E-state index contributed by atoms with van der Waals surface area (Å²) in [7, 11) is -3.26. The first-order valence-corrected chi connectivity index (χ1v) is 12.4. The molecule has 3 aromatic rings. The van der Waals surface area contributed by atoms with Crippen LogP contribution in [0.5, 0.6) is 0 Å². The molecule has 0 spiro atoms. The van der Waals surface area contributed by atoms with Crippen LogP contribution in [0.3, 0.4) is 0 Å². The normalized spacial score (nSPS) is 15.5. The molecule has 32 heavy (non-hydrogen) atoms. The van der Waals surface area contributed by atoms with Gasteiger partial charge in [0, 0.05) is 38.0 Å². The number of aryl methyl sites for hydroxylation is 1. The van der Waals surface area contributed by atoms with Gasteiger partial charge in [-0.2, -0.15) is 4.68 Å². The van der Waals surface area contributed by atoms with Gasteiger partial charge in [0.1, 0.15) is 0 Å². The van der Waals surface area contributed by atoms with E-state index in [0.29, 0.717) is 31.1 Å². The van der Waals surface area contributed by atoms with E-state index in [1.54, 1.807) is 28.9 Å². The number of rotatable bonds is 5. The summed E-state index contributed by atoms with van der Waals surface area (Å²) < 4.78 is 25.0. The van der Waals surface area contributed by atoms with Crippen LogP contribution < -0.4 is 0 Å². The molecule has 2 aromatic carbocycles. The van der Waals surface area contributed by atoms with Gasteiger partial charge in [-0.3, -0.25) is 9.69 Å². The fourth-order valence-electron chi connectivity index (χ4n) is 3.83. The maximum atomic E-state index is 12.9. The molecule has 0 saturated carbocycles. The maximum absolute atomic E-state index is 12.9. The summed E-state index contributed by atoms with van der Waals surface area (Å²) in [6.45, 7) is 5.42. The third-order valence-corrected chi connectivity index (χ3v) is 6.68. The predicted molar refractivity (Wildman–Crippen MR) is 119 cm³/mol. The molecule has 1 aliphatic heterocycles. The standard InChI is InChI=1S/C22H26N6O3S/c1-17-5-3-6-18(15-17)22(29)27-12-4-11-26(13-14-27)16-21-23-24-25-28(21)19-7-9-20(10-8-19)32(2,30)31/h3,5-10,15H,4,11-14,16H2,1-2H3. The van der Waals surface area contributed by atoms with Gasteiger partial charge in [-0.1, -0.05) is 17.7 Å². The molecule has 168 valence electrons. The van der Waals surface area contributed by atoms with Crippen molar-refractivity contribution in [2.24, 2.45) is 0 Å². The van der Waals surface area contributed by atoms with Gasteiger partial charge < -0.3 is 4.90 Å². The number of sulfone groups is 1. The van der Waals surface area contributed by atoms with Crippen LogP contribution in [0, 0.1) is 6.92 Å². The molecule has 9 nitrogen and oxygen atoms in total. The van der Waals surface area contributed by atoms with Gasteiger partial charge >= 0.3 is 0 Å². The summed E-state index contributed by atoms with van der Waals surface area (Å²) >= 11 is 0. The fraction of sp³-hybridized carbons (Fsp3) is 0.364. The van der Waals surface area contributed by atoms with Crippen molar-refractivity contribution in [2.45, 2.75) is 24.8 Å². The second-order valence-electron chi connectivity index (χ2n) is 8.06. The van der Waals surface area contributed by atoms with Crippen LogP contribution in [0.15, 0.2) is 53.4 Å². The van der Waals surface area contributed by atoms with Gasteiger partial charge in [0.15, 0.2) is 15.7 Å². The van der Waals surface area contributed by atoms with Crippen LogP contribution in [0.4, 0.5) is 0 Å². The van der Waals surface area contributed by atoms with E-state index in [2.05, 4.69) is 20.4 Å². The SMILES string of the molecule is Cc1cccc(C(=O)N2CCCN(Cc3nnnn3-c3ccc(S(C)(=O)=O)cc3)CC2)c1. The third kappa shape index (κ3) is 5.03. The van der Waals surface area contributed by atoms with E-state index in [9.17, 15) is 13.2 Å². The van der Waals surface area contributed by atoms with Gasteiger partial charge in [-0.05, 0) is 60.2 Å². The molecule has 1 saturated heterocycles. The number of nitrogens with zero attached hydrogens (tertiary/aromatic N) is 6. The topological polar surface area (TPSA) is 101 Å². The molecule has 0 atom stereocenters. The first-order chi connectivity index (χ1) is 15.3. The summed E-state index contributed by atoms with van der Waals surface area (Å²) in [5, 5.41) is 12.0. The van der Waals surface area contributed by atoms with Crippen LogP contribution >= 0.6 is 0 Å². The van der Waals surface area contributed by atoms with Crippen molar-refractivity contribution >= 4 is 15.7 Å². The number of aromatic nitrogens is 4. The largest absolute Gasteiger partial charge is 0.337 e. The lowest BCUT2D eigenvalue weighted by atomic mass is 10.1. The average Bonchev–Trinajstić information content (AvgIpc) is 3.10. The zero-order chi connectivity index (χ0) is 22.7. The van der Waals surface area contributed by atoms with Crippen LogP contribution in [0.1, 0.15) is 28.2 Å². The zero-order valence-electron chi connectivity index (χ0n) is 18.2. The summed E-state index contributed by atoms with van der Waals surface area (Å²) in [5.74, 6) is 0.724. The Morgan fingerprint density at radius 3 is 2.53 bits per heavy atom. The highest BCUT2D eigenvalue weighted by atomic mass is 32.2. The molecule has 1 fully saturated rings. The smallest absolute Gasteiger partial charge is 0.253 e. The predicted octanol–water partition coefficient (Wildman–Crippen LogP) is 1.72. The Labute approximate surface area is 187 Å². The number of hydrogen-bond donors (Lipinski definition) is 0. The van der Waals surface area contributed by atoms with Crippen molar-refractivity contribution in [3.05, 3.63) is 65.5 Å². The lowest BCUT2D eigenvalue weighted by molar-refractivity contribution is 0.0761. The highest BCUT2D eigenvalue weighted by Gasteiger charge is 2.22. The number of amides is 1. The van der Waals surface area contributed by atoms with Crippen molar-refractivity contribution in [1.29, 1.82) is 0 Å². The lowest BCUT2D eigenvalue weighted by Crippen LogP contribution is -2.35. The maximum Gasteiger partial charge on any atom is 0.253 e. The van der Waals surface area contributed by atoms with Gasteiger partial charge in [-0.15, -0.1) is 5.10 Å². The van der Waals surface area contributed by atoms with Crippen molar-refractivity contribution in [1.82, 2.24) is 30.0 Å². The molecule has 4 rings (SSSR count). The molecular formula is C22H26N6O3S. The monoisotopic (exact) mass is 454 g/mol. The Bertz CT molecular complexity index is 1210. The molecule has 2 heterocycles. The van der Waals surface area contributed by atoms with Gasteiger partial charge in [0.25, 0.3) is 5.91 Å². The molecule has 10 heteroatoms. The molecule has 1 amide bonds. The average molecular weight is 455 g/mol. The molecule has 0 N–H and O–H groups in total. The first-order valence-electron chi connectivity index (χ1n) is 10.5. The Morgan fingerprint density at radius 2 is 1.81 bits per heavy atom. The minimum Gasteiger partial charge on any atom is -0.337 e. The highest BCUT2D eigenvalue weighted by Crippen LogP contribution is 2.16. The quantitative estimate of drug-likeness (QED) is 0.579. The van der Waals surface area contributed by atoms with Crippen molar-refractivity contribution < 1.29 is 13.2 Å². The fourth-order valence-corrected chi connectivity index (χ4v) is 4.46. The van der Waals surface area contributed by atoms with E-state index in [4.69, 9.17) is 0 Å². The van der Waals surface area contributed by atoms with E-state index < -0.39 is 9.84 Å². The Hall–Kier alpha value is -3.11. The number of carbonyl (C=O) groups is 1.